The van der Waals surface area contributed by atoms with Gasteiger partial charge >= 0.3 is 6.08 Å². The maximum absolute atomic E-state index is 12.5. The van der Waals surface area contributed by atoms with E-state index in [1.54, 1.807) is 12.4 Å². The smallest absolute Gasteiger partial charge is 0.301 e. The standard InChI is InChI=1S/C10H11F3N2OS2/c1-16-15-4-2-7-6-14-10(18-7)17-5-3-8(11)9(12)13/h4,6H,2-3,5H2,1H3/b15-4+. The number of thioether (sulfide) groups is 1. The van der Waals surface area contributed by atoms with Crippen LogP contribution in [0.25, 0.3) is 0 Å². The average molecular weight is 296 g/mol. The van der Waals surface area contributed by atoms with E-state index in [9.17, 15) is 13.2 Å². The summed E-state index contributed by atoms with van der Waals surface area (Å²) in [5, 5.41) is 3.59. The van der Waals surface area contributed by atoms with E-state index < -0.39 is 11.9 Å². The fraction of sp³-hybridized carbons (Fsp3) is 0.400. The molecule has 18 heavy (non-hydrogen) atoms. The van der Waals surface area contributed by atoms with Crippen molar-refractivity contribution in [3.8, 4) is 0 Å². The van der Waals surface area contributed by atoms with Crippen LogP contribution in [0.5, 0.6) is 0 Å². The Morgan fingerprint density at radius 1 is 1.56 bits per heavy atom. The highest BCUT2D eigenvalue weighted by atomic mass is 32.2. The van der Waals surface area contributed by atoms with E-state index >= 15 is 0 Å². The number of aromatic nitrogens is 1. The number of rotatable bonds is 7. The number of thiazole rings is 1. The molecule has 0 aliphatic heterocycles. The van der Waals surface area contributed by atoms with Crippen LogP contribution in [-0.2, 0) is 11.3 Å². The second-order valence-corrected chi connectivity index (χ2v) is 5.49. The maximum atomic E-state index is 12.5. The predicted octanol–water partition coefficient (Wildman–Crippen LogP) is 3.88. The summed E-state index contributed by atoms with van der Waals surface area (Å²) in [6.45, 7) is 0. The molecular formula is C10H11F3N2OS2. The molecule has 1 heterocycles. The minimum absolute atomic E-state index is 0.238. The Morgan fingerprint density at radius 3 is 3.00 bits per heavy atom. The number of hydrogen-bond acceptors (Lipinski definition) is 5. The quantitative estimate of drug-likeness (QED) is 0.435. The molecule has 0 aliphatic carbocycles. The molecule has 1 aromatic heterocycles. The first-order valence-corrected chi connectivity index (χ1v) is 6.75. The van der Waals surface area contributed by atoms with Crippen molar-refractivity contribution >= 4 is 29.3 Å². The Morgan fingerprint density at radius 2 is 2.33 bits per heavy atom. The largest absolute Gasteiger partial charge is 0.399 e. The van der Waals surface area contributed by atoms with Crippen molar-refractivity contribution in [3.05, 3.63) is 23.0 Å². The molecule has 0 spiro atoms. The predicted molar refractivity (Wildman–Crippen MR) is 67.0 cm³/mol. The van der Waals surface area contributed by atoms with Crippen LogP contribution in [0.1, 0.15) is 11.3 Å². The zero-order valence-corrected chi connectivity index (χ0v) is 11.2. The lowest BCUT2D eigenvalue weighted by atomic mass is 10.4. The van der Waals surface area contributed by atoms with E-state index in [0.29, 0.717) is 6.42 Å². The summed E-state index contributed by atoms with van der Waals surface area (Å²) in [7, 11) is 1.45. The highest BCUT2D eigenvalue weighted by molar-refractivity contribution is 8.01. The Balaban J connectivity index is 2.35. The summed E-state index contributed by atoms with van der Waals surface area (Å²) in [6.07, 6.45) is 1.34. The van der Waals surface area contributed by atoms with Gasteiger partial charge in [-0.1, -0.05) is 16.9 Å². The molecule has 0 aromatic carbocycles. The molecule has 0 atom stereocenters. The van der Waals surface area contributed by atoms with Gasteiger partial charge in [0, 0.05) is 35.9 Å². The molecule has 3 nitrogen and oxygen atoms in total. The van der Waals surface area contributed by atoms with Gasteiger partial charge in [-0.25, -0.2) is 9.37 Å². The Labute approximate surface area is 111 Å². The van der Waals surface area contributed by atoms with Gasteiger partial charge in [0.05, 0.1) is 0 Å². The van der Waals surface area contributed by atoms with Crippen LogP contribution in [0.4, 0.5) is 13.2 Å². The Hall–Kier alpha value is -1.02. The van der Waals surface area contributed by atoms with E-state index in [-0.39, 0.29) is 12.2 Å². The molecule has 100 valence electrons. The van der Waals surface area contributed by atoms with Gasteiger partial charge in [-0.2, -0.15) is 8.78 Å². The normalized spacial score (nSPS) is 10.9. The number of oxime groups is 1. The Bertz CT molecular complexity index is 431. The molecule has 8 heteroatoms. The molecule has 0 bridgehead atoms. The molecular weight excluding hydrogens is 285 g/mol. The summed E-state index contributed by atoms with van der Waals surface area (Å²) in [5.74, 6) is -1.12. The van der Waals surface area contributed by atoms with Crippen molar-refractivity contribution in [2.75, 3.05) is 12.9 Å². The first-order valence-electron chi connectivity index (χ1n) is 4.95. The van der Waals surface area contributed by atoms with E-state index in [4.69, 9.17) is 0 Å². The van der Waals surface area contributed by atoms with Crippen LogP contribution in [0.3, 0.4) is 0 Å². The molecule has 0 aliphatic rings. The molecule has 0 saturated carbocycles. The molecule has 0 N–H and O–H groups in total. The van der Waals surface area contributed by atoms with Gasteiger partial charge in [-0.05, 0) is 0 Å². The summed E-state index contributed by atoms with van der Waals surface area (Å²) >= 11 is 2.67. The van der Waals surface area contributed by atoms with Crippen molar-refractivity contribution < 1.29 is 18.0 Å². The summed E-state index contributed by atoms with van der Waals surface area (Å²) in [5.41, 5.74) is 0. The van der Waals surface area contributed by atoms with Gasteiger partial charge in [0.2, 0.25) is 0 Å². The molecule has 0 saturated heterocycles. The lowest BCUT2D eigenvalue weighted by Crippen LogP contribution is -1.82. The SMILES string of the molecule is CO/N=C/Cc1cnc(SCCC(F)=C(F)F)s1. The minimum Gasteiger partial charge on any atom is -0.399 e. The monoisotopic (exact) mass is 296 g/mol. The third kappa shape index (κ3) is 5.54. The molecule has 0 amide bonds. The number of allylic oxidation sites excluding steroid dienone is 1. The van der Waals surface area contributed by atoms with Crippen molar-refractivity contribution in [3.63, 3.8) is 0 Å². The third-order valence-electron chi connectivity index (χ3n) is 1.76. The lowest BCUT2D eigenvalue weighted by molar-refractivity contribution is 0.215. The van der Waals surface area contributed by atoms with Gasteiger partial charge < -0.3 is 4.84 Å². The Kier molecular flexibility index (Phi) is 6.81. The van der Waals surface area contributed by atoms with Crippen LogP contribution in [-0.4, -0.2) is 24.1 Å². The minimum atomic E-state index is -2.24. The van der Waals surface area contributed by atoms with Gasteiger partial charge in [-0.3, -0.25) is 0 Å². The van der Waals surface area contributed by atoms with Crippen LogP contribution in [0.15, 0.2) is 27.6 Å². The molecule has 0 unspecified atom stereocenters. The lowest BCUT2D eigenvalue weighted by Gasteiger charge is -1.95. The van der Waals surface area contributed by atoms with Crippen LogP contribution >= 0.6 is 23.1 Å². The van der Waals surface area contributed by atoms with E-state index in [2.05, 4.69) is 15.0 Å². The molecule has 0 fully saturated rings. The zero-order chi connectivity index (χ0) is 13.4. The highest BCUT2D eigenvalue weighted by Gasteiger charge is 2.07. The van der Waals surface area contributed by atoms with Gasteiger partial charge in [0.15, 0.2) is 5.83 Å². The van der Waals surface area contributed by atoms with Gasteiger partial charge in [0.1, 0.15) is 11.4 Å². The molecule has 1 aromatic rings. The maximum Gasteiger partial charge on any atom is 0.301 e. The highest BCUT2D eigenvalue weighted by Crippen LogP contribution is 2.26. The van der Waals surface area contributed by atoms with E-state index in [1.165, 1.54) is 30.2 Å². The molecule has 1 rings (SSSR count). The third-order valence-corrected chi connectivity index (χ3v) is 3.94. The van der Waals surface area contributed by atoms with Gasteiger partial charge in [0.25, 0.3) is 0 Å². The number of halogens is 3. The fourth-order valence-corrected chi connectivity index (χ4v) is 2.96. The van der Waals surface area contributed by atoms with Crippen molar-refractivity contribution in [2.24, 2.45) is 5.16 Å². The second-order valence-electron chi connectivity index (χ2n) is 3.03. The van der Waals surface area contributed by atoms with Crippen LogP contribution < -0.4 is 0 Å². The number of nitrogens with zero attached hydrogens (tertiary/aromatic N) is 2. The van der Waals surface area contributed by atoms with Crippen molar-refractivity contribution in [1.29, 1.82) is 0 Å². The summed E-state index contributed by atoms with van der Waals surface area (Å²) in [4.78, 5) is 9.58. The van der Waals surface area contributed by atoms with Crippen molar-refractivity contribution in [1.82, 2.24) is 4.98 Å². The van der Waals surface area contributed by atoms with E-state index in [1.807, 2.05) is 0 Å². The fourth-order valence-electron chi connectivity index (χ4n) is 0.975. The van der Waals surface area contributed by atoms with Gasteiger partial charge in [-0.15, -0.1) is 11.3 Å². The molecule has 0 radical (unpaired) electrons. The van der Waals surface area contributed by atoms with E-state index in [0.717, 1.165) is 9.22 Å². The summed E-state index contributed by atoms with van der Waals surface area (Å²) in [6, 6.07) is 0. The average Bonchev–Trinajstić information content (AvgIpc) is 2.77. The second kappa shape index (κ2) is 8.15. The first-order chi connectivity index (χ1) is 8.63. The van der Waals surface area contributed by atoms with Crippen LogP contribution in [0, 0.1) is 0 Å². The van der Waals surface area contributed by atoms with Crippen molar-refractivity contribution in [2.45, 2.75) is 17.2 Å². The number of hydrogen-bond donors (Lipinski definition) is 0. The first kappa shape index (κ1) is 15.0. The zero-order valence-electron chi connectivity index (χ0n) is 9.53. The topological polar surface area (TPSA) is 34.5 Å². The summed E-state index contributed by atoms with van der Waals surface area (Å²) < 4.78 is 36.8. The van der Waals surface area contributed by atoms with Crippen LogP contribution in [0.2, 0.25) is 0 Å².